The fraction of sp³-hybridized carbons (Fsp3) is 0.150. The highest BCUT2D eigenvalue weighted by Crippen LogP contribution is 2.24. The number of benzene rings is 1. The Morgan fingerprint density at radius 2 is 1.91 bits per heavy atom. The number of amides is 2. The maximum absolute atomic E-state index is 13.1. The Kier molecular flexibility index (Phi) is 5.20. The number of halogens is 1. The lowest BCUT2D eigenvalue weighted by Gasteiger charge is -2.08. The van der Waals surface area contributed by atoms with E-state index in [0.29, 0.717) is 34.8 Å². The van der Waals surface area contributed by atoms with Crippen LogP contribution in [0.25, 0.3) is 28.3 Å². The first-order chi connectivity index (χ1) is 16.3. The molecule has 0 spiro atoms. The number of urea groups is 1. The zero-order valence-electron chi connectivity index (χ0n) is 17.6. The number of hydrogen-bond donors (Lipinski definition) is 2. The molecule has 0 saturated heterocycles. The zero-order valence-corrected chi connectivity index (χ0v) is 18.5. The van der Waals surface area contributed by atoms with Crippen LogP contribution in [0.2, 0.25) is 0 Å². The molecule has 4 heterocycles. The van der Waals surface area contributed by atoms with Gasteiger partial charge < -0.3 is 9.73 Å². The van der Waals surface area contributed by atoms with E-state index in [1.165, 1.54) is 22.9 Å². The second-order valence-electron chi connectivity index (χ2n) is 7.25. The number of carbonyl (C=O) groups is 1. The predicted molar refractivity (Wildman–Crippen MR) is 119 cm³/mol. The van der Waals surface area contributed by atoms with Crippen molar-refractivity contribution in [2.45, 2.75) is 24.8 Å². The smallest absolute Gasteiger partial charge is 0.332 e. The molecular weight excluding hydrogens is 467 g/mol. The first kappa shape index (κ1) is 21.5. The molecule has 14 heteroatoms. The van der Waals surface area contributed by atoms with Crippen molar-refractivity contribution in [1.29, 1.82) is 0 Å². The Balaban J connectivity index is 1.50. The van der Waals surface area contributed by atoms with Crippen LogP contribution >= 0.6 is 0 Å². The molecule has 0 fully saturated rings. The fourth-order valence-electron chi connectivity index (χ4n) is 3.33. The predicted octanol–water partition coefficient (Wildman–Crippen LogP) is 3.45. The molecule has 1 aromatic carbocycles. The maximum Gasteiger partial charge on any atom is 0.332 e. The third-order valence-electron chi connectivity index (χ3n) is 4.82. The number of rotatable bonds is 6. The molecule has 0 aliphatic heterocycles. The average Bonchev–Trinajstić information content (AvgIpc) is 3.52. The van der Waals surface area contributed by atoms with Crippen LogP contribution in [0, 0.1) is 0 Å². The second kappa shape index (κ2) is 8.22. The number of fused-ring (bicyclic) bond motifs is 3. The fourth-order valence-corrected chi connectivity index (χ4v) is 3.79. The van der Waals surface area contributed by atoms with Crippen molar-refractivity contribution < 1.29 is 21.5 Å². The van der Waals surface area contributed by atoms with E-state index in [2.05, 4.69) is 30.8 Å². The van der Waals surface area contributed by atoms with E-state index in [1.54, 1.807) is 16.8 Å². The minimum absolute atomic E-state index is 0.0509. The highest BCUT2D eigenvalue weighted by Gasteiger charge is 2.19. The molecule has 0 unspecified atom stereocenters. The molecule has 0 atom stereocenters. The summed E-state index contributed by atoms with van der Waals surface area (Å²) in [7, 11) is -4.83. The number of nitrogens with zero attached hydrogens (tertiary/aromatic N) is 6. The van der Waals surface area contributed by atoms with Gasteiger partial charge in [-0.1, -0.05) is 6.92 Å². The number of nitrogens with one attached hydrogen (secondary N) is 2. The van der Waals surface area contributed by atoms with E-state index in [-0.39, 0.29) is 11.6 Å². The van der Waals surface area contributed by atoms with E-state index in [4.69, 9.17) is 4.42 Å². The Labute approximate surface area is 191 Å². The van der Waals surface area contributed by atoms with Gasteiger partial charge in [-0.15, -0.1) is 8.98 Å². The van der Waals surface area contributed by atoms with Crippen LogP contribution in [0.1, 0.15) is 13.3 Å². The number of hydrogen-bond acceptors (Lipinski definition) is 8. The van der Waals surface area contributed by atoms with Crippen molar-refractivity contribution in [2.24, 2.45) is 0 Å². The quantitative estimate of drug-likeness (QED) is 0.348. The standard InChI is InChI=1S/C20H17FN8O4S/c1-2-9-28-11-14-16(26-28)24-19(29-18(14)23-17(27-29)15-4-3-10-33-15)25-20(30)22-12-5-7-13(8-6-12)34(21,31)32/h3-8,10-11H,2,9H2,1H3,(H2,22,24,25,26,30). The van der Waals surface area contributed by atoms with Crippen LogP contribution in [-0.4, -0.2) is 43.8 Å². The number of aromatic nitrogens is 6. The molecule has 2 N–H and O–H groups in total. The maximum atomic E-state index is 13.1. The van der Waals surface area contributed by atoms with Crippen LogP contribution in [0.3, 0.4) is 0 Å². The molecule has 0 aliphatic carbocycles. The van der Waals surface area contributed by atoms with E-state index < -0.39 is 21.1 Å². The molecule has 174 valence electrons. The molecule has 12 nitrogen and oxygen atoms in total. The number of furan rings is 1. The summed E-state index contributed by atoms with van der Waals surface area (Å²) < 4.78 is 43.5. The van der Waals surface area contributed by atoms with Crippen LogP contribution in [0.4, 0.5) is 20.3 Å². The van der Waals surface area contributed by atoms with Crippen molar-refractivity contribution in [3.63, 3.8) is 0 Å². The lowest BCUT2D eigenvalue weighted by molar-refractivity contribution is 0.262. The zero-order chi connectivity index (χ0) is 23.9. The summed E-state index contributed by atoms with van der Waals surface area (Å²) in [5, 5.41) is 14.6. The summed E-state index contributed by atoms with van der Waals surface area (Å²) in [6, 6.07) is 7.33. The molecule has 34 heavy (non-hydrogen) atoms. The van der Waals surface area contributed by atoms with Gasteiger partial charge >= 0.3 is 16.3 Å². The molecule has 0 radical (unpaired) electrons. The molecule has 5 aromatic rings. The molecule has 4 aromatic heterocycles. The number of anilines is 2. The third-order valence-corrected chi connectivity index (χ3v) is 5.65. The average molecular weight is 484 g/mol. The van der Waals surface area contributed by atoms with Gasteiger partial charge in [-0.25, -0.2) is 9.78 Å². The van der Waals surface area contributed by atoms with Crippen molar-refractivity contribution >= 4 is 44.6 Å². The lowest BCUT2D eigenvalue weighted by atomic mass is 10.3. The van der Waals surface area contributed by atoms with E-state index >= 15 is 0 Å². The van der Waals surface area contributed by atoms with Crippen LogP contribution < -0.4 is 10.6 Å². The first-order valence-electron chi connectivity index (χ1n) is 10.1. The molecule has 0 bridgehead atoms. The van der Waals surface area contributed by atoms with Gasteiger partial charge in [-0.3, -0.25) is 10.00 Å². The summed E-state index contributed by atoms with van der Waals surface area (Å²) in [6.07, 6.45) is 4.18. The van der Waals surface area contributed by atoms with Crippen molar-refractivity contribution in [1.82, 2.24) is 29.4 Å². The first-order valence-corrected chi connectivity index (χ1v) is 11.5. The Hall–Kier alpha value is -4.33. The number of aryl methyl sites for hydroxylation is 1. The van der Waals surface area contributed by atoms with E-state index in [9.17, 15) is 17.1 Å². The SMILES string of the molecule is CCCn1cc2c(nc(NC(=O)Nc3ccc(S(=O)(=O)F)cc3)n3nc(-c4ccco4)nc23)n1. The molecule has 0 aliphatic rings. The van der Waals surface area contributed by atoms with Crippen molar-refractivity contribution in [2.75, 3.05) is 10.6 Å². The van der Waals surface area contributed by atoms with Gasteiger partial charge in [-0.2, -0.15) is 23.0 Å². The van der Waals surface area contributed by atoms with Crippen molar-refractivity contribution in [3.05, 3.63) is 48.9 Å². The summed E-state index contributed by atoms with van der Waals surface area (Å²) >= 11 is 0. The van der Waals surface area contributed by atoms with Gasteiger partial charge in [0.1, 0.15) is 0 Å². The minimum Gasteiger partial charge on any atom is -0.461 e. The molecular formula is C20H17FN8O4S. The highest BCUT2D eigenvalue weighted by atomic mass is 32.3. The minimum atomic E-state index is -4.83. The largest absolute Gasteiger partial charge is 0.461 e. The number of carbonyl (C=O) groups excluding carboxylic acids is 1. The topological polar surface area (TPSA) is 149 Å². The monoisotopic (exact) mass is 484 g/mol. The van der Waals surface area contributed by atoms with Gasteiger partial charge in [0.25, 0.3) is 0 Å². The van der Waals surface area contributed by atoms with Gasteiger partial charge in [0, 0.05) is 18.4 Å². The Morgan fingerprint density at radius 3 is 2.59 bits per heavy atom. The van der Waals surface area contributed by atoms with Gasteiger partial charge in [0.05, 0.1) is 16.5 Å². The molecule has 2 amide bonds. The van der Waals surface area contributed by atoms with Crippen LogP contribution in [0.15, 0.2) is 58.2 Å². The van der Waals surface area contributed by atoms with Gasteiger partial charge in [0.2, 0.25) is 11.8 Å². The molecule has 5 rings (SSSR count). The summed E-state index contributed by atoms with van der Waals surface area (Å²) in [5.41, 5.74) is 1.03. The summed E-state index contributed by atoms with van der Waals surface area (Å²) in [4.78, 5) is 21.1. The third kappa shape index (κ3) is 4.05. The Bertz CT molecular complexity index is 1610. The lowest BCUT2D eigenvalue weighted by Crippen LogP contribution is -2.22. The van der Waals surface area contributed by atoms with Crippen LogP contribution in [0.5, 0.6) is 0 Å². The summed E-state index contributed by atoms with van der Waals surface area (Å²) in [6.45, 7) is 2.70. The van der Waals surface area contributed by atoms with Gasteiger partial charge in [0.15, 0.2) is 17.1 Å². The Morgan fingerprint density at radius 1 is 1.12 bits per heavy atom. The molecule has 0 saturated carbocycles. The van der Waals surface area contributed by atoms with E-state index in [0.717, 1.165) is 18.6 Å². The van der Waals surface area contributed by atoms with Crippen molar-refractivity contribution in [3.8, 4) is 11.6 Å². The van der Waals surface area contributed by atoms with Gasteiger partial charge in [-0.05, 0) is 42.8 Å². The summed E-state index contributed by atoms with van der Waals surface area (Å²) in [5.74, 6) is 0.792. The highest BCUT2D eigenvalue weighted by molar-refractivity contribution is 7.86. The second-order valence-corrected chi connectivity index (χ2v) is 8.60. The normalized spacial score (nSPS) is 11.8. The van der Waals surface area contributed by atoms with Crippen LogP contribution in [-0.2, 0) is 16.8 Å². The van der Waals surface area contributed by atoms with E-state index in [1.807, 2.05) is 13.1 Å².